The smallest absolute Gasteiger partial charge is 0.306 e. The van der Waals surface area contributed by atoms with E-state index in [1.807, 2.05) is 13.8 Å². The quantitative estimate of drug-likeness (QED) is 0.596. The lowest BCUT2D eigenvalue weighted by Gasteiger charge is -2.12. The normalized spacial score (nSPS) is 15.1. The molecule has 0 fully saturated rings. The minimum absolute atomic E-state index is 0.0466. The molecule has 0 radical (unpaired) electrons. The van der Waals surface area contributed by atoms with Crippen LogP contribution in [-0.4, -0.2) is 12.1 Å². The van der Waals surface area contributed by atoms with Gasteiger partial charge in [-0.2, -0.15) is 0 Å². The fraction of sp³-hybridized carbons (Fsp3) is 0.909. The van der Waals surface area contributed by atoms with E-state index in [2.05, 4.69) is 13.8 Å². The Labute approximate surface area is 81.7 Å². The highest BCUT2D eigenvalue weighted by Gasteiger charge is 2.08. The van der Waals surface area contributed by atoms with E-state index in [4.69, 9.17) is 4.74 Å². The van der Waals surface area contributed by atoms with Gasteiger partial charge in [0, 0.05) is 6.42 Å². The Morgan fingerprint density at radius 2 is 1.85 bits per heavy atom. The van der Waals surface area contributed by atoms with Crippen molar-refractivity contribution in [2.24, 2.45) is 5.92 Å². The third kappa shape index (κ3) is 6.62. The molecular weight excluding hydrogens is 164 g/mol. The van der Waals surface area contributed by atoms with Crippen molar-refractivity contribution in [2.45, 2.75) is 59.5 Å². The lowest BCUT2D eigenvalue weighted by molar-refractivity contribution is -0.148. The highest BCUT2D eigenvalue weighted by atomic mass is 16.5. The SMILES string of the molecule is CCC(C)CCC(=O)OC(C)CC. The van der Waals surface area contributed by atoms with E-state index in [1.165, 1.54) is 0 Å². The molecule has 0 aliphatic rings. The molecule has 0 saturated heterocycles. The van der Waals surface area contributed by atoms with Crippen LogP contribution in [0, 0.1) is 5.92 Å². The highest BCUT2D eigenvalue weighted by molar-refractivity contribution is 5.69. The van der Waals surface area contributed by atoms with E-state index in [1.54, 1.807) is 0 Å². The van der Waals surface area contributed by atoms with Crippen molar-refractivity contribution >= 4 is 5.97 Å². The summed E-state index contributed by atoms with van der Waals surface area (Å²) in [7, 11) is 0. The molecule has 2 nitrogen and oxygen atoms in total. The van der Waals surface area contributed by atoms with Crippen LogP contribution in [0.2, 0.25) is 0 Å². The Kier molecular flexibility index (Phi) is 6.65. The Morgan fingerprint density at radius 1 is 1.23 bits per heavy atom. The van der Waals surface area contributed by atoms with E-state index in [0.717, 1.165) is 19.3 Å². The first-order chi connectivity index (χ1) is 6.10. The average Bonchev–Trinajstić information content (AvgIpc) is 2.13. The zero-order chi connectivity index (χ0) is 10.3. The zero-order valence-corrected chi connectivity index (χ0v) is 9.30. The summed E-state index contributed by atoms with van der Waals surface area (Å²) in [5, 5.41) is 0. The summed E-state index contributed by atoms with van der Waals surface area (Å²) in [6.45, 7) is 8.26. The number of rotatable bonds is 6. The van der Waals surface area contributed by atoms with Crippen LogP contribution in [0.1, 0.15) is 53.4 Å². The lowest BCUT2D eigenvalue weighted by atomic mass is 10.0. The molecule has 78 valence electrons. The largest absolute Gasteiger partial charge is 0.463 e. The van der Waals surface area contributed by atoms with Gasteiger partial charge in [0.2, 0.25) is 0 Å². The van der Waals surface area contributed by atoms with Gasteiger partial charge >= 0.3 is 5.97 Å². The van der Waals surface area contributed by atoms with Crippen LogP contribution >= 0.6 is 0 Å². The molecule has 0 amide bonds. The number of carbonyl (C=O) groups is 1. The summed E-state index contributed by atoms with van der Waals surface area (Å²) < 4.78 is 5.16. The van der Waals surface area contributed by atoms with E-state index in [9.17, 15) is 4.79 Å². The summed E-state index contributed by atoms with van der Waals surface area (Å²) in [5.41, 5.74) is 0. The molecule has 0 rings (SSSR count). The summed E-state index contributed by atoms with van der Waals surface area (Å²) >= 11 is 0. The first-order valence-electron chi connectivity index (χ1n) is 5.29. The standard InChI is InChI=1S/C11H22O2/c1-5-9(3)7-8-11(12)13-10(4)6-2/h9-10H,5-8H2,1-4H3. The first kappa shape index (κ1) is 12.5. The van der Waals surface area contributed by atoms with Crippen molar-refractivity contribution in [3.05, 3.63) is 0 Å². The second-order valence-electron chi connectivity index (χ2n) is 3.76. The van der Waals surface area contributed by atoms with Gasteiger partial charge in [-0.05, 0) is 25.7 Å². The Morgan fingerprint density at radius 3 is 2.31 bits per heavy atom. The van der Waals surface area contributed by atoms with Crippen molar-refractivity contribution in [1.29, 1.82) is 0 Å². The van der Waals surface area contributed by atoms with Gasteiger partial charge in [0.25, 0.3) is 0 Å². The molecule has 0 spiro atoms. The van der Waals surface area contributed by atoms with E-state index >= 15 is 0 Å². The van der Waals surface area contributed by atoms with Crippen molar-refractivity contribution in [2.75, 3.05) is 0 Å². The molecule has 0 aromatic carbocycles. The van der Waals surface area contributed by atoms with Gasteiger partial charge in [0.05, 0.1) is 6.10 Å². The van der Waals surface area contributed by atoms with Crippen LogP contribution in [-0.2, 0) is 9.53 Å². The molecule has 0 heterocycles. The third-order valence-electron chi connectivity index (χ3n) is 2.45. The predicted octanol–water partition coefficient (Wildman–Crippen LogP) is 3.15. The molecule has 0 aromatic rings. The van der Waals surface area contributed by atoms with Gasteiger partial charge in [-0.1, -0.05) is 27.2 Å². The third-order valence-corrected chi connectivity index (χ3v) is 2.45. The zero-order valence-electron chi connectivity index (χ0n) is 9.30. The maximum Gasteiger partial charge on any atom is 0.306 e. The number of hydrogen-bond donors (Lipinski definition) is 0. The average molecular weight is 186 g/mol. The Hall–Kier alpha value is -0.530. The summed E-state index contributed by atoms with van der Waals surface area (Å²) in [5.74, 6) is 0.583. The topological polar surface area (TPSA) is 26.3 Å². The van der Waals surface area contributed by atoms with E-state index < -0.39 is 0 Å². The fourth-order valence-corrected chi connectivity index (χ4v) is 0.935. The maximum absolute atomic E-state index is 11.2. The van der Waals surface area contributed by atoms with Crippen LogP contribution in [0.4, 0.5) is 0 Å². The van der Waals surface area contributed by atoms with Crippen LogP contribution in [0.15, 0.2) is 0 Å². The summed E-state index contributed by atoms with van der Waals surface area (Å²) in [6, 6.07) is 0. The van der Waals surface area contributed by atoms with Gasteiger partial charge in [-0.15, -0.1) is 0 Å². The Balaban J connectivity index is 3.51. The van der Waals surface area contributed by atoms with Crippen LogP contribution in [0.3, 0.4) is 0 Å². The Bertz CT molecular complexity index is 143. The van der Waals surface area contributed by atoms with Crippen molar-refractivity contribution in [1.82, 2.24) is 0 Å². The van der Waals surface area contributed by atoms with Crippen LogP contribution < -0.4 is 0 Å². The first-order valence-corrected chi connectivity index (χ1v) is 5.29. The van der Waals surface area contributed by atoms with Gasteiger partial charge in [0.1, 0.15) is 0 Å². The van der Waals surface area contributed by atoms with E-state index in [-0.39, 0.29) is 12.1 Å². The molecular formula is C11H22O2. The molecule has 2 atom stereocenters. The van der Waals surface area contributed by atoms with Gasteiger partial charge in [0.15, 0.2) is 0 Å². The highest BCUT2D eigenvalue weighted by Crippen LogP contribution is 2.10. The number of hydrogen-bond acceptors (Lipinski definition) is 2. The number of carbonyl (C=O) groups excluding carboxylic acids is 1. The van der Waals surface area contributed by atoms with Gasteiger partial charge in [-0.3, -0.25) is 4.79 Å². The minimum Gasteiger partial charge on any atom is -0.463 e. The second-order valence-corrected chi connectivity index (χ2v) is 3.76. The summed E-state index contributed by atoms with van der Waals surface area (Å²) in [6.07, 6.45) is 3.63. The molecule has 13 heavy (non-hydrogen) atoms. The fourth-order valence-electron chi connectivity index (χ4n) is 0.935. The second kappa shape index (κ2) is 6.93. The van der Waals surface area contributed by atoms with Crippen LogP contribution in [0.5, 0.6) is 0 Å². The molecule has 0 aromatic heterocycles. The van der Waals surface area contributed by atoms with E-state index in [0.29, 0.717) is 12.3 Å². The van der Waals surface area contributed by atoms with Crippen LogP contribution in [0.25, 0.3) is 0 Å². The van der Waals surface area contributed by atoms with Crippen molar-refractivity contribution < 1.29 is 9.53 Å². The molecule has 2 unspecified atom stereocenters. The molecule has 0 aliphatic heterocycles. The number of ether oxygens (including phenoxy) is 1. The summed E-state index contributed by atoms with van der Waals surface area (Å²) in [4.78, 5) is 11.2. The maximum atomic E-state index is 11.2. The predicted molar refractivity (Wildman–Crippen MR) is 54.5 cm³/mol. The van der Waals surface area contributed by atoms with Crippen molar-refractivity contribution in [3.8, 4) is 0 Å². The molecule has 0 N–H and O–H groups in total. The molecule has 0 bridgehead atoms. The lowest BCUT2D eigenvalue weighted by Crippen LogP contribution is -2.14. The number of esters is 1. The van der Waals surface area contributed by atoms with Crippen molar-refractivity contribution in [3.63, 3.8) is 0 Å². The molecule has 2 heteroatoms. The van der Waals surface area contributed by atoms with Gasteiger partial charge in [-0.25, -0.2) is 0 Å². The molecule has 0 aliphatic carbocycles. The van der Waals surface area contributed by atoms with Gasteiger partial charge < -0.3 is 4.74 Å². The monoisotopic (exact) mass is 186 g/mol. The molecule has 0 saturated carbocycles. The minimum atomic E-state index is -0.0466.